The molecule has 0 aromatic heterocycles. The Morgan fingerprint density at radius 1 is 0.731 bits per heavy atom. The normalized spacial score (nSPS) is 12.6. The molecule has 0 aromatic carbocycles. The maximum absolute atomic E-state index is 8.94. The number of hydrogen-bond donors (Lipinski definition) is 3. The van der Waals surface area contributed by atoms with E-state index in [0.717, 1.165) is 39.9 Å². The fraction of sp³-hybridized carbons (Fsp3) is 0.739. The van der Waals surface area contributed by atoms with E-state index in [9.17, 15) is 0 Å². The van der Waals surface area contributed by atoms with Gasteiger partial charge >= 0.3 is 0 Å². The van der Waals surface area contributed by atoms with Crippen molar-refractivity contribution in [1.29, 1.82) is 0 Å². The largest absolute Gasteiger partial charge is 0.400 e. The first-order chi connectivity index (χ1) is 12.8. The van der Waals surface area contributed by atoms with Gasteiger partial charge in [0.15, 0.2) is 0 Å². The third kappa shape index (κ3) is 17.9. The third-order valence-corrected chi connectivity index (χ3v) is 3.93. The number of aliphatic hydroxyl groups is 3. The van der Waals surface area contributed by atoms with E-state index in [1.165, 1.54) is 49.7 Å². The van der Waals surface area contributed by atoms with Gasteiger partial charge in [-0.2, -0.15) is 0 Å². The molecule has 0 heterocycles. The van der Waals surface area contributed by atoms with Crippen molar-refractivity contribution in [3.63, 3.8) is 0 Å². The summed E-state index contributed by atoms with van der Waals surface area (Å²) in [6.07, 6.45) is 19.1. The molecule has 0 unspecified atom stereocenters. The molecule has 0 radical (unpaired) electrons. The number of hydrogen-bond acceptors (Lipinski definition) is 3. The smallest absolute Gasteiger partial charge is 0.0431 e. The minimum atomic E-state index is 0.318. The summed E-state index contributed by atoms with van der Waals surface area (Å²) in [5, 5.41) is 22.9. The van der Waals surface area contributed by atoms with Gasteiger partial charge in [0, 0.05) is 20.8 Å². The first kappa shape index (κ1) is 29.8. The van der Waals surface area contributed by atoms with Gasteiger partial charge in [0.1, 0.15) is 0 Å². The summed E-state index contributed by atoms with van der Waals surface area (Å²) in [4.78, 5) is 0. The Morgan fingerprint density at radius 2 is 1.27 bits per heavy atom. The van der Waals surface area contributed by atoms with Crippen LogP contribution >= 0.6 is 0 Å². The van der Waals surface area contributed by atoms with Crippen molar-refractivity contribution in [2.24, 2.45) is 0 Å². The maximum Gasteiger partial charge on any atom is 0.0431 e. The highest BCUT2D eigenvalue weighted by Crippen LogP contribution is 2.25. The second-order valence-corrected chi connectivity index (χ2v) is 5.89. The van der Waals surface area contributed by atoms with Crippen LogP contribution in [0.5, 0.6) is 0 Å². The zero-order valence-corrected chi connectivity index (χ0v) is 18.4. The van der Waals surface area contributed by atoms with E-state index < -0.39 is 0 Å². The number of allylic oxidation sites excluding steroid dienone is 6. The molecule has 3 N–H and O–H groups in total. The zero-order chi connectivity index (χ0) is 20.6. The molecular weight excluding hydrogens is 324 g/mol. The van der Waals surface area contributed by atoms with Gasteiger partial charge in [-0.05, 0) is 56.9 Å². The van der Waals surface area contributed by atoms with Crippen LogP contribution < -0.4 is 0 Å². The Hall–Kier alpha value is -0.900. The third-order valence-electron chi connectivity index (χ3n) is 3.93. The van der Waals surface area contributed by atoms with Crippen LogP contribution in [-0.2, 0) is 0 Å². The minimum absolute atomic E-state index is 0.318. The average Bonchev–Trinajstić information content (AvgIpc) is 2.91. The zero-order valence-electron chi connectivity index (χ0n) is 18.4. The molecule has 26 heavy (non-hydrogen) atoms. The second-order valence-electron chi connectivity index (χ2n) is 5.89. The van der Waals surface area contributed by atoms with Crippen molar-refractivity contribution in [2.75, 3.05) is 20.8 Å². The molecule has 3 heteroatoms. The fourth-order valence-corrected chi connectivity index (χ4v) is 2.64. The summed E-state index contributed by atoms with van der Waals surface area (Å²) in [6, 6.07) is 0. The Balaban J connectivity index is -0.000000795. The molecule has 156 valence electrons. The van der Waals surface area contributed by atoms with E-state index >= 15 is 0 Å². The standard InChI is InChI=1S/C19H32O.C2H6.2CH4O/c1-3-5-9-17-12-13-18(10-6-4-2)16-19(15-17)11-7-8-14-20;3*1-2/h12,15-16,20H,3-11,13-14H2,1-2H3;1-2H3;2*2H,1H3. The van der Waals surface area contributed by atoms with Crippen LogP contribution in [0.3, 0.4) is 0 Å². The lowest BCUT2D eigenvalue weighted by molar-refractivity contribution is 0.285. The molecule has 3 nitrogen and oxygen atoms in total. The number of rotatable bonds is 10. The van der Waals surface area contributed by atoms with Crippen LogP contribution in [-0.4, -0.2) is 36.1 Å². The molecule has 0 amide bonds. The quantitative estimate of drug-likeness (QED) is 0.416. The second kappa shape index (κ2) is 26.3. The highest BCUT2D eigenvalue weighted by Gasteiger charge is 2.06. The predicted octanol–water partition coefficient (Wildman–Crippen LogP) is 5.96. The lowest BCUT2D eigenvalue weighted by Crippen LogP contribution is -1.88. The Morgan fingerprint density at radius 3 is 1.81 bits per heavy atom. The Labute approximate surface area is 163 Å². The van der Waals surface area contributed by atoms with Gasteiger partial charge in [-0.3, -0.25) is 0 Å². The van der Waals surface area contributed by atoms with E-state index in [2.05, 4.69) is 32.1 Å². The first-order valence-corrected chi connectivity index (χ1v) is 10.4. The molecule has 1 aliphatic carbocycles. The van der Waals surface area contributed by atoms with Gasteiger partial charge < -0.3 is 15.3 Å². The van der Waals surface area contributed by atoms with Crippen LogP contribution in [0.25, 0.3) is 0 Å². The van der Waals surface area contributed by atoms with Crippen molar-refractivity contribution < 1.29 is 15.3 Å². The van der Waals surface area contributed by atoms with Gasteiger partial charge in [0.05, 0.1) is 0 Å². The maximum atomic E-state index is 8.94. The van der Waals surface area contributed by atoms with Gasteiger partial charge in [0.2, 0.25) is 0 Å². The molecule has 0 aromatic rings. The van der Waals surface area contributed by atoms with Crippen LogP contribution in [0.1, 0.15) is 91.9 Å². The molecule has 0 saturated heterocycles. The van der Waals surface area contributed by atoms with Crippen molar-refractivity contribution in [3.8, 4) is 0 Å². The molecule has 1 aliphatic rings. The van der Waals surface area contributed by atoms with E-state index in [4.69, 9.17) is 15.3 Å². The van der Waals surface area contributed by atoms with Crippen molar-refractivity contribution in [1.82, 2.24) is 0 Å². The summed E-state index contributed by atoms with van der Waals surface area (Å²) in [6.45, 7) is 8.84. The van der Waals surface area contributed by atoms with Crippen molar-refractivity contribution >= 4 is 0 Å². The summed E-state index contributed by atoms with van der Waals surface area (Å²) in [5.41, 5.74) is 4.59. The van der Waals surface area contributed by atoms with Gasteiger partial charge in [-0.1, -0.05) is 69.9 Å². The highest BCUT2D eigenvalue weighted by molar-refractivity contribution is 5.37. The molecule has 1 rings (SSSR count). The predicted molar refractivity (Wildman–Crippen MR) is 116 cm³/mol. The van der Waals surface area contributed by atoms with Crippen LogP contribution in [0.15, 0.2) is 34.9 Å². The SMILES string of the molecule is CC.CCCCC1=CCC(CCCC)=CC(CCCCO)=C1.CO.CO. The topological polar surface area (TPSA) is 60.7 Å². The van der Waals surface area contributed by atoms with E-state index in [-0.39, 0.29) is 0 Å². The number of aliphatic hydroxyl groups excluding tert-OH is 3. The van der Waals surface area contributed by atoms with Crippen LogP contribution in [0.2, 0.25) is 0 Å². The molecular formula is C23H46O3. The molecule has 0 atom stereocenters. The van der Waals surface area contributed by atoms with Crippen molar-refractivity contribution in [2.45, 2.75) is 91.9 Å². The van der Waals surface area contributed by atoms with Crippen LogP contribution in [0.4, 0.5) is 0 Å². The molecule has 0 bridgehead atoms. The summed E-state index contributed by atoms with van der Waals surface area (Å²) < 4.78 is 0. The van der Waals surface area contributed by atoms with E-state index in [0.29, 0.717) is 6.61 Å². The van der Waals surface area contributed by atoms with E-state index in [1.54, 1.807) is 5.57 Å². The van der Waals surface area contributed by atoms with Gasteiger partial charge in [-0.25, -0.2) is 0 Å². The molecule has 0 aliphatic heterocycles. The summed E-state index contributed by atoms with van der Waals surface area (Å²) >= 11 is 0. The minimum Gasteiger partial charge on any atom is -0.400 e. The average molecular weight is 371 g/mol. The fourth-order valence-electron chi connectivity index (χ4n) is 2.64. The molecule has 0 fully saturated rings. The highest BCUT2D eigenvalue weighted by atomic mass is 16.3. The van der Waals surface area contributed by atoms with Crippen molar-refractivity contribution in [3.05, 3.63) is 34.9 Å². The Bertz CT molecular complexity index is 354. The van der Waals surface area contributed by atoms with E-state index in [1.807, 2.05) is 13.8 Å². The van der Waals surface area contributed by atoms with Gasteiger partial charge in [-0.15, -0.1) is 0 Å². The molecule has 0 spiro atoms. The molecule has 0 saturated carbocycles. The lowest BCUT2D eigenvalue weighted by atomic mass is 10.0. The van der Waals surface area contributed by atoms with Gasteiger partial charge in [0.25, 0.3) is 0 Å². The first-order valence-electron chi connectivity index (χ1n) is 10.4. The summed E-state index contributed by atoms with van der Waals surface area (Å²) in [5.74, 6) is 0. The van der Waals surface area contributed by atoms with Crippen LogP contribution in [0, 0.1) is 0 Å². The summed E-state index contributed by atoms with van der Waals surface area (Å²) in [7, 11) is 2.00. The Kier molecular flexibility index (Phi) is 30.2. The monoisotopic (exact) mass is 370 g/mol. The number of unbranched alkanes of at least 4 members (excludes halogenated alkanes) is 3. The lowest BCUT2D eigenvalue weighted by Gasteiger charge is -2.05.